The second-order valence-electron chi connectivity index (χ2n) is 6.54. The lowest BCUT2D eigenvalue weighted by Gasteiger charge is -2.26. The van der Waals surface area contributed by atoms with Crippen molar-refractivity contribution < 1.29 is 24.2 Å². The van der Waals surface area contributed by atoms with E-state index in [-0.39, 0.29) is 13.0 Å². The smallest absolute Gasteiger partial charge is 0.411 e. The highest BCUT2D eigenvalue weighted by molar-refractivity contribution is 9.10. The fourth-order valence-corrected chi connectivity index (χ4v) is 3.17. The van der Waals surface area contributed by atoms with Crippen LogP contribution in [-0.2, 0) is 9.53 Å². The molecule has 1 aliphatic heterocycles. The molecule has 0 unspecified atom stereocenters. The van der Waals surface area contributed by atoms with Crippen LogP contribution in [-0.4, -0.2) is 46.4 Å². The summed E-state index contributed by atoms with van der Waals surface area (Å²) >= 11 is 9.24. The van der Waals surface area contributed by atoms with Crippen molar-refractivity contribution in [2.45, 2.75) is 44.9 Å². The van der Waals surface area contributed by atoms with Crippen molar-refractivity contribution in [2.24, 2.45) is 0 Å². The monoisotopic (exact) mass is 419 g/mol. The molecule has 8 heteroatoms. The fourth-order valence-electron chi connectivity index (χ4n) is 2.39. The van der Waals surface area contributed by atoms with E-state index in [2.05, 4.69) is 15.9 Å². The third-order valence-corrected chi connectivity index (χ3v) is 4.22. The molecular formula is C16H19BrClNO5. The second kappa shape index (κ2) is 7.19. The maximum absolute atomic E-state index is 12.2. The van der Waals surface area contributed by atoms with Gasteiger partial charge in [0, 0.05) is 11.4 Å². The number of carboxylic acids is 1. The van der Waals surface area contributed by atoms with Gasteiger partial charge in [-0.25, -0.2) is 9.59 Å². The van der Waals surface area contributed by atoms with Gasteiger partial charge in [-0.2, -0.15) is 0 Å². The summed E-state index contributed by atoms with van der Waals surface area (Å²) in [5, 5.41) is 9.93. The number of ether oxygens (including phenoxy) is 2. The lowest BCUT2D eigenvalue weighted by molar-refractivity contribution is -0.142. The van der Waals surface area contributed by atoms with E-state index in [4.69, 9.17) is 21.1 Å². The van der Waals surface area contributed by atoms with Crippen molar-refractivity contribution in [3.05, 3.63) is 27.7 Å². The molecule has 1 heterocycles. The largest absolute Gasteiger partial charge is 0.487 e. The Morgan fingerprint density at radius 2 is 2.04 bits per heavy atom. The van der Waals surface area contributed by atoms with E-state index in [1.54, 1.807) is 39.0 Å². The predicted molar refractivity (Wildman–Crippen MR) is 92.5 cm³/mol. The molecule has 0 radical (unpaired) electrons. The minimum Gasteiger partial charge on any atom is -0.487 e. The quantitative estimate of drug-likeness (QED) is 0.801. The van der Waals surface area contributed by atoms with Gasteiger partial charge in [0.05, 0.1) is 11.0 Å². The van der Waals surface area contributed by atoms with Crippen molar-refractivity contribution in [1.82, 2.24) is 4.90 Å². The molecule has 0 bridgehead atoms. The Bertz CT molecular complexity index is 646. The first-order chi connectivity index (χ1) is 11.1. The first kappa shape index (κ1) is 18.9. The summed E-state index contributed by atoms with van der Waals surface area (Å²) < 4.78 is 11.8. The molecule has 24 heavy (non-hydrogen) atoms. The molecular weight excluding hydrogens is 402 g/mol. The minimum atomic E-state index is -1.08. The highest BCUT2D eigenvalue weighted by Crippen LogP contribution is 2.31. The van der Waals surface area contributed by atoms with E-state index in [9.17, 15) is 14.7 Å². The molecule has 2 atom stereocenters. The average Bonchev–Trinajstić information content (AvgIpc) is 2.84. The van der Waals surface area contributed by atoms with Crippen LogP contribution in [0.1, 0.15) is 27.2 Å². The number of hydrogen-bond acceptors (Lipinski definition) is 4. The Morgan fingerprint density at radius 1 is 1.38 bits per heavy atom. The summed E-state index contributed by atoms with van der Waals surface area (Å²) in [6, 6.07) is 4.08. The number of carbonyl (C=O) groups is 2. The van der Waals surface area contributed by atoms with Gasteiger partial charge in [-0.1, -0.05) is 11.6 Å². The van der Waals surface area contributed by atoms with E-state index in [1.165, 1.54) is 4.90 Å². The van der Waals surface area contributed by atoms with Gasteiger partial charge in [0.2, 0.25) is 0 Å². The van der Waals surface area contributed by atoms with Gasteiger partial charge in [0.25, 0.3) is 0 Å². The van der Waals surface area contributed by atoms with Gasteiger partial charge in [-0.3, -0.25) is 4.90 Å². The van der Waals surface area contributed by atoms with Crippen molar-refractivity contribution in [3.63, 3.8) is 0 Å². The number of carboxylic acid groups (broad SMARTS) is 1. The highest BCUT2D eigenvalue weighted by Gasteiger charge is 2.42. The summed E-state index contributed by atoms with van der Waals surface area (Å²) in [4.78, 5) is 24.9. The van der Waals surface area contributed by atoms with Crippen LogP contribution in [0.3, 0.4) is 0 Å². The number of aliphatic carboxylic acids is 1. The zero-order valence-electron chi connectivity index (χ0n) is 13.6. The number of nitrogens with zero attached hydrogens (tertiary/aromatic N) is 1. The molecule has 1 aromatic carbocycles. The molecule has 2 rings (SSSR count). The van der Waals surface area contributed by atoms with E-state index in [0.717, 1.165) is 0 Å². The third kappa shape index (κ3) is 4.77. The summed E-state index contributed by atoms with van der Waals surface area (Å²) in [6.45, 7) is 5.33. The highest BCUT2D eigenvalue weighted by atomic mass is 79.9. The van der Waals surface area contributed by atoms with Gasteiger partial charge in [-0.05, 0) is 54.9 Å². The molecule has 1 aliphatic rings. The van der Waals surface area contributed by atoms with Crippen LogP contribution in [0.15, 0.2) is 22.7 Å². The normalized spacial score (nSPS) is 20.8. The minimum absolute atomic E-state index is 0.140. The Morgan fingerprint density at radius 3 is 2.58 bits per heavy atom. The molecule has 0 aromatic heterocycles. The standard InChI is InChI=1S/C16H19BrClNO5/c1-16(2,3)24-15(22)19-8-10(7-12(19)14(20)21)23-13-5-4-9(18)6-11(13)17/h4-6,10,12H,7-8H2,1-3H3,(H,20,21)/t10-,12-/m0/s1. The van der Waals surface area contributed by atoms with Crippen LogP contribution in [0.5, 0.6) is 5.75 Å². The summed E-state index contributed by atoms with van der Waals surface area (Å²) in [5.74, 6) is -0.540. The van der Waals surface area contributed by atoms with Crippen LogP contribution >= 0.6 is 27.5 Å². The molecule has 1 amide bonds. The molecule has 1 N–H and O–H groups in total. The molecule has 0 spiro atoms. The molecule has 1 saturated heterocycles. The number of halogens is 2. The van der Waals surface area contributed by atoms with E-state index in [1.807, 2.05) is 0 Å². The van der Waals surface area contributed by atoms with E-state index >= 15 is 0 Å². The van der Waals surface area contributed by atoms with Crippen LogP contribution in [0.4, 0.5) is 4.79 Å². The second-order valence-corrected chi connectivity index (χ2v) is 7.83. The van der Waals surface area contributed by atoms with Gasteiger partial charge in [-0.15, -0.1) is 0 Å². The number of hydrogen-bond donors (Lipinski definition) is 1. The predicted octanol–water partition coefficient (Wildman–Crippen LogP) is 3.94. The zero-order chi connectivity index (χ0) is 18.1. The van der Waals surface area contributed by atoms with Crippen molar-refractivity contribution >= 4 is 39.6 Å². The summed E-state index contributed by atoms with van der Waals surface area (Å²) in [6.07, 6.45) is -0.920. The number of amides is 1. The molecule has 0 aliphatic carbocycles. The SMILES string of the molecule is CC(C)(C)OC(=O)N1C[C@@H](Oc2ccc(Cl)cc2Br)C[C@H]1C(=O)O. The molecule has 6 nitrogen and oxygen atoms in total. The lowest BCUT2D eigenvalue weighted by atomic mass is 10.2. The Hall–Kier alpha value is -1.47. The first-order valence-corrected chi connectivity index (χ1v) is 8.58. The van der Waals surface area contributed by atoms with Crippen LogP contribution < -0.4 is 4.74 Å². The number of rotatable bonds is 3. The fraction of sp³-hybridized carbons (Fsp3) is 0.500. The first-order valence-electron chi connectivity index (χ1n) is 7.41. The van der Waals surface area contributed by atoms with Gasteiger partial charge in [0.15, 0.2) is 0 Å². The summed E-state index contributed by atoms with van der Waals surface area (Å²) in [5.41, 5.74) is -0.696. The van der Waals surface area contributed by atoms with Crippen molar-refractivity contribution in [3.8, 4) is 5.75 Å². The van der Waals surface area contributed by atoms with E-state index in [0.29, 0.717) is 15.2 Å². The lowest BCUT2D eigenvalue weighted by Crippen LogP contribution is -2.43. The Kier molecular flexibility index (Phi) is 5.65. The van der Waals surface area contributed by atoms with Gasteiger partial charge >= 0.3 is 12.1 Å². The van der Waals surface area contributed by atoms with Crippen molar-refractivity contribution in [2.75, 3.05) is 6.54 Å². The Labute approximate surface area is 153 Å². The molecule has 132 valence electrons. The topological polar surface area (TPSA) is 76.1 Å². The molecule has 1 aromatic rings. The zero-order valence-corrected chi connectivity index (χ0v) is 15.9. The average molecular weight is 421 g/mol. The molecule has 1 fully saturated rings. The van der Waals surface area contributed by atoms with Gasteiger partial charge in [0.1, 0.15) is 23.5 Å². The Balaban J connectivity index is 2.11. The van der Waals surface area contributed by atoms with E-state index < -0.39 is 29.8 Å². The number of benzene rings is 1. The third-order valence-electron chi connectivity index (χ3n) is 3.36. The van der Waals surface area contributed by atoms with Crippen LogP contribution in [0.2, 0.25) is 5.02 Å². The van der Waals surface area contributed by atoms with Gasteiger partial charge < -0.3 is 14.6 Å². The van der Waals surface area contributed by atoms with Crippen LogP contribution in [0, 0.1) is 0 Å². The molecule has 0 saturated carbocycles. The van der Waals surface area contributed by atoms with Crippen molar-refractivity contribution in [1.29, 1.82) is 0 Å². The maximum atomic E-state index is 12.2. The number of carbonyl (C=O) groups excluding carboxylic acids is 1. The summed E-state index contributed by atoms with van der Waals surface area (Å²) in [7, 11) is 0. The van der Waals surface area contributed by atoms with Crippen LogP contribution in [0.25, 0.3) is 0 Å². The number of likely N-dealkylation sites (tertiary alicyclic amines) is 1. The maximum Gasteiger partial charge on any atom is 0.411 e.